The average Bonchev–Trinajstić information content (AvgIpc) is 2.78. The molecule has 0 aromatic carbocycles. The summed E-state index contributed by atoms with van der Waals surface area (Å²) in [4.78, 5) is 25.2. The Labute approximate surface area is 112 Å². The van der Waals surface area contributed by atoms with Crippen LogP contribution in [-0.4, -0.2) is 46.8 Å². The molecule has 0 saturated carbocycles. The minimum Gasteiger partial charge on any atom is -0.468 e. The van der Waals surface area contributed by atoms with Crippen LogP contribution in [0, 0.1) is 0 Å². The van der Waals surface area contributed by atoms with Gasteiger partial charge in [-0.05, 0) is 13.3 Å². The number of amides is 1. The van der Waals surface area contributed by atoms with Gasteiger partial charge in [-0.25, -0.2) is 0 Å². The Bertz CT molecular complexity index is 456. The van der Waals surface area contributed by atoms with E-state index in [2.05, 4.69) is 9.84 Å². The van der Waals surface area contributed by atoms with Crippen molar-refractivity contribution in [2.24, 2.45) is 0 Å². The van der Waals surface area contributed by atoms with Gasteiger partial charge >= 0.3 is 5.97 Å². The highest BCUT2D eigenvalue weighted by atomic mass is 16.5. The average molecular weight is 268 g/mol. The van der Waals surface area contributed by atoms with Crippen LogP contribution in [0.4, 0.5) is 5.69 Å². The maximum absolute atomic E-state index is 12.4. The smallest absolute Gasteiger partial charge is 0.325 e. The van der Waals surface area contributed by atoms with Crippen molar-refractivity contribution in [1.29, 1.82) is 0 Å². The summed E-state index contributed by atoms with van der Waals surface area (Å²) in [5.41, 5.74) is 6.40. The fourth-order valence-corrected chi connectivity index (χ4v) is 1.77. The van der Waals surface area contributed by atoms with E-state index in [0.717, 1.165) is 6.42 Å². The second-order valence-electron chi connectivity index (χ2n) is 4.07. The molecule has 0 radical (unpaired) electrons. The third-order valence-corrected chi connectivity index (χ3v) is 2.70. The van der Waals surface area contributed by atoms with Gasteiger partial charge in [-0.3, -0.25) is 14.3 Å². The molecule has 0 aliphatic carbocycles. The Morgan fingerprint density at radius 3 is 2.68 bits per heavy atom. The molecule has 7 nitrogen and oxygen atoms in total. The molecule has 0 aliphatic rings. The zero-order valence-electron chi connectivity index (χ0n) is 11.5. The van der Waals surface area contributed by atoms with E-state index >= 15 is 0 Å². The third kappa shape index (κ3) is 3.46. The number of anilines is 1. The standard InChI is InChI=1S/C12H20N4O3/c1-4-6-15(8-10(17)19-3)12(18)11-9(13)7-14-16(11)5-2/h7H,4-6,8,13H2,1-3H3. The number of nitrogen functional groups attached to an aromatic ring is 1. The summed E-state index contributed by atoms with van der Waals surface area (Å²) in [6.07, 6.45) is 2.18. The highest BCUT2D eigenvalue weighted by molar-refractivity contribution is 5.98. The fraction of sp³-hybridized carbons (Fsp3) is 0.583. The molecule has 1 heterocycles. The predicted octanol–water partition coefficient (Wildman–Crippen LogP) is 0.510. The molecule has 106 valence electrons. The largest absolute Gasteiger partial charge is 0.468 e. The highest BCUT2D eigenvalue weighted by Crippen LogP contribution is 2.14. The summed E-state index contributed by atoms with van der Waals surface area (Å²) in [6.45, 7) is 4.71. The van der Waals surface area contributed by atoms with Crippen molar-refractivity contribution in [3.05, 3.63) is 11.9 Å². The number of esters is 1. The van der Waals surface area contributed by atoms with E-state index in [1.807, 2.05) is 13.8 Å². The minimum absolute atomic E-state index is 0.0858. The number of methoxy groups -OCH3 is 1. The molecule has 0 saturated heterocycles. The quantitative estimate of drug-likeness (QED) is 0.759. The van der Waals surface area contributed by atoms with Crippen molar-refractivity contribution >= 4 is 17.6 Å². The molecular formula is C12H20N4O3. The van der Waals surface area contributed by atoms with Crippen LogP contribution < -0.4 is 5.73 Å². The zero-order chi connectivity index (χ0) is 14.4. The van der Waals surface area contributed by atoms with Gasteiger partial charge in [-0.15, -0.1) is 0 Å². The summed E-state index contributed by atoms with van der Waals surface area (Å²) in [5, 5.41) is 4.03. The summed E-state index contributed by atoms with van der Waals surface area (Å²) in [6, 6.07) is 0. The van der Waals surface area contributed by atoms with Crippen LogP contribution in [0.25, 0.3) is 0 Å². The van der Waals surface area contributed by atoms with Gasteiger partial charge in [-0.2, -0.15) is 5.10 Å². The van der Waals surface area contributed by atoms with Gasteiger partial charge in [0, 0.05) is 13.1 Å². The maximum Gasteiger partial charge on any atom is 0.325 e. The number of carbonyl (C=O) groups excluding carboxylic acids is 2. The Balaban J connectivity index is 2.98. The SMILES string of the molecule is CCCN(CC(=O)OC)C(=O)c1c(N)cnn1CC. The number of hydrogen-bond donors (Lipinski definition) is 1. The van der Waals surface area contributed by atoms with Crippen LogP contribution >= 0.6 is 0 Å². The lowest BCUT2D eigenvalue weighted by Crippen LogP contribution is -2.38. The Hall–Kier alpha value is -2.05. The molecule has 0 spiro atoms. The minimum atomic E-state index is -0.456. The lowest BCUT2D eigenvalue weighted by molar-refractivity contribution is -0.141. The molecule has 0 fully saturated rings. The first-order chi connectivity index (χ1) is 9.04. The van der Waals surface area contributed by atoms with Gasteiger partial charge in [0.2, 0.25) is 0 Å². The summed E-state index contributed by atoms with van der Waals surface area (Å²) in [7, 11) is 1.29. The first-order valence-electron chi connectivity index (χ1n) is 6.22. The lowest BCUT2D eigenvalue weighted by atomic mass is 10.3. The molecule has 1 amide bonds. The van der Waals surface area contributed by atoms with Crippen LogP contribution in [0.2, 0.25) is 0 Å². The normalized spacial score (nSPS) is 10.3. The number of aryl methyl sites for hydroxylation is 1. The van der Waals surface area contributed by atoms with Gasteiger partial charge in [0.15, 0.2) is 0 Å². The van der Waals surface area contributed by atoms with E-state index in [4.69, 9.17) is 5.73 Å². The van der Waals surface area contributed by atoms with E-state index < -0.39 is 5.97 Å². The first kappa shape index (κ1) is 15.0. The number of nitrogens with two attached hydrogens (primary N) is 1. The van der Waals surface area contributed by atoms with E-state index in [9.17, 15) is 9.59 Å². The third-order valence-electron chi connectivity index (χ3n) is 2.70. The molecule has 2 N–H and O–H groups in total. The zero-order valence-corrected chi connectivity index (χ0v) is 11.5. The summed E-state index contributed by atoms with van der Waals surface area (Å²) in [5.74, 6) is -0.757. The van der Waals surface area contributed by atoms with Crippen molar-refractivity contribution in [2.45, 2.75) is 26.8 Å². The molecule has 1 rings (SSSR count). The highest BCUT2D eigenvalue weighted by Gasteiger charge is 2.24. The van der Waals surface area contributed by atoms with Crippen LogP contribution in [0.5, 0.6) is 0 Å². The van der Waals surface area contributed by atoms with Crippen LogP contribution in [0.15, 0.2) is 6.20 Å². The second kappa shape index (κ2) is 6.77. The van der Waals surface area contributed by atoms with Gasteiger partial charge < -0.3 is 15.4 Å². The molecule has 0 bridgehead atoms. The number of nitrogens with zero attached hydrogens (tertiary/aromatic N) is 3. The van der Waals surface area contributed by atoms with Crippen molar-refractivity contribution in [3.8, 4) is 0 Å². The van der Waals surface area contributed by atoms with Crippen LogP contribution in [0.1, 0.15) is 30.8 Å². The Morgan fingerprint density at radius 2 is 2.16 bits per heavy atom. The van der Waals surface area contributed by atoms with E-state index in [0.29, 0.717) is 24.5 Å². The van der Waals surface area contributed by atoms with Crippen LogP contribution in [-0.2, 0) is 16.1 Å². The van der Waals surface area contributed by atoms with Gasteiger partial charge in [-0.1, -0.05) is 6.92 Å². The second-order valence-corrected chi connectivity index (χ2v) is 4.07. The molecule has 1 aromatic heterocycles. The van der Waals surface area contributed by atoms with E-state index in [1.54, 1.807) is 0 Å². The van der Waals surface area contributed by atoms with Gasteiger partial charge in [0.05, 0.1) is 19.0 Å². The number of aromatic nitrogens is 2. The molecular weight excluding hydrogens is 248 g/mol. The molecule has 7 heteroatoms. The number of ether oxygens (including phenoxy) is 1. The van der Waals surface area contributed by atoms with Crippen LogP contribution in [0.3, 0.4) is 0 Å². The monoisotopic (exact) mass is 268 g/mol. The summed E-state index contributed by atoms with van der Waals surface area (Å²) >= 11 is 0. The number of carbonyl (C=O) groups is 2. The number of rotatable bonds is 6. The van der Waals surface area contributed by atoms with Crippen molar-refractivity contribution in [1.82, 2.24) is 14.7 Å². The van der Waals surface area contributed by atoms with Crippen molar-refractivity contribution in [3.63, 3.8) is 0 Å². The Kier molecular flexibility index (Phi) is 5.35. The van der Waals surface area contributed by atoms with Crippen molar-refractivity contribution < 1.29 is 14.3 Å². The lowest BCUT2D eigenvalue weighted by Gasteiger charge is -2.21. The fourth-order valence-electron chi connectivity index (χ4n) is 1.77. The molecule has 19 heavy (non-hydrogen) atoms. The number of hydrogen-bond acceptors (Lipinski definition) is 5. The molecule has 0 unspecified atom stereocenters. The molecule has 0 aliphatic heterocycles. The summed E-state index contributed by atoms with van der Waals surface area (Å²) < 4.78 is 6.12. The molecule has 0 atom stereocenters. The topological polar surface area (TPSA) is 90.4 Å². The Morgan fingerprint density at radius 1 is 1.47 bits per heavy atom. The molecule has 1 aromatic rings. The first-order valence-corrected chi connectivity index (χ1v) is 6.22. The van der Waals surface area contributed by atoms with E-state index in [1.165, 1.54) is 22.9 Å². The van der Waals surface area contributed by atoms with Crippen molar-refractivity contribution in [2.75, 3.05) is 25.9 Å². The maximum atomic E-state index is 12.4. The predicted molar refractivity (Wildman–Crippen MR) is 70.5 cm³/mol. The van der Waals surface area contributed by atoms with E-state index in [-0.39, 0.29) is 12.5 Å². The van der Waals surface area contributed by atoms with Gasteiger partial charge in [0.25, 0.3) is 5.91 Å². The van der Waals surface area contributed by atoms with Gasteiger partial charge in [0.1, 0.15) is 12.2 Å².